The summed E-state index contributed by atoms with van der Waals surface area (Å²) in [7, 11) is 1.52. The number of urea groups is 1. The summed E-state index contributed by atoms with van der Waals surface area (Å²) in [6, 6.07) is 7.62. The van der Waals surface area contributed by atoms with Crippen LogP contribution in [-0.2, 0) is 5.41 Å². The highest BCUT2D eigenvalue weighted by atomic mass is 35.5. The zero-order chi connectivity index (χ0) is 19.9. The Morgan fingerprint density at radius 2 is 2.00 bits per heavy atom. The zero-order valence-electron chi connectivity index (χ0n) is 15.8. The number of nitrogens with one attached hydrogen (secondary N) is 2. The predicted molar refractivity (Wildman–Crippen MR) is 111 cm³/mol. The van der Waals surface area contributed by atoms with Crippen molar-refractivity contribution in [2.24, 2.45) is 15.7 Å². The number of hydrogen-bond acceptors (Lipinski definition) is 3. The first-order valence-electron chi connectivity index (χ1n) is 8.86. The fraction of sp³-hybridized carbons (Fsp3) is 0.421. The minimum atomic E-state index is -0.366. The molecule has 27 heavy (non-hydrogen) atoms. The SMILES string of the molecule is C=C(N=CN=C(C)N1CCC(CN)(c2ccc(Cl)cc2)CC1)NC(=O)NC. The third-order valence-electron chi connectivity index (χ3n) is 4.97. The molecule has 1 aromatic rings. The predicted octanol–water partition coefficient (Wildman–Crippen LogP) is 2.48. The van der Waals surface area contributed by atoms with Crippen LogP contribution >= 0.6 is 11.6 Å². The van der Waals surface area contributed by atoms with Gasteiger partial charge in [0.15, 0.2) is 0 Å². The fourth-order valence-corrected chi connectivity index (χ4v) is 3.29. The van der Waals surface area contributed by atoms with E-state index >= 15 is 0 Å². The maximum atomic E-state index is 11.2. The lowest BCUT2D eigenvalue weighted by Gasteiger charge is -2.42. The van der Waals surface area contributed by atoms with Crippen LogP contribution in [0.1, 0.15) is 25.3 Å². The van der Waals surface area contributed by atoms with Gasteiger partial charge in [-0.15, -0.1) is 0 Å². The van der Waals surface area contributed by atoms with Crippen molar-refractivity contribution in [3.8, 4) is 0 Å². The van der Waals surface area contributed by atoms with Gasteiger partial charge in [0, 0.05) is 37.1 Å². The van der Waals surface area contributed by atoms with E-state index in [2.05, 4.69) is 44.2 Å². The van der Waals surface area contributed by atoms with Crippen molar-refractivity contribution in [2.45, 2.75) is 25.2 Å². The van der Waals surface area contributed by atoms with Crippen molar-refractivity contribution < 1.29 is 4.79 Å². The second-order valence-corrected chi connectivity index (χ2v) is 6.99. The highest BCUT2D eigenvalue weighted by molar-refractivity contribution is 6.30. The Hall–Kier alpha value is -2.38. The molecule has 7 nitrogen and oxygen atoms in total. The summed E-state index contributed by atoms with van der Waals surface area (Å²) in [6.45, 7) is 7.91. The molecule has 2 amide bonds. The first-order chi connectivity index (χ1) is 12.9. The number of amidine groups is 1. The molecule has 1 aliphatic heterocycles. The quantitative estimate of drug-likeness (QED) is 0.532. The molecule has 0 saturated carbocycles. The van der Waals surface area contributed by atoms with Crippen LogP contribution in [0.2, 0.25) is 5.02 Å². The maximum Gasteiger partial charge on any atom is 0.320 e. The van der Waals surface area contributed by atoms with Crippen LogP contribution in [0.3, 0.4) is 0 Å². The van der Waals surface area contributed by atoms with Gasteiger partial charge in [0.1, 0.15) is 18.0 Å². The molecule has 1 fully saturated rings. The van der Waals surface area contributed by atoms with Crippen molar-refractivity contribution in [3.05, 3.63) is 47.3 Å². The van der Waals surface area contributed by atoms with Gasteiger partial charge >= 0.3 is 6.03 Å². The first kappa shape index (κ1) is 20.9. The molecule has 4 N–H and O–H groups in total. The number of nitrogens with zero attached hydrogens (tertiary/aromatic N) is 3. The number of benzene rings is 1. The Labute approximate surface area is 165 Å². The van der Waals surface area contributed by atoms with E-state index in [1.165, 1.54) is 18.9 Å². The largest absolute Gasteiger partial charge is 0.360 e. The number of carbonyl (C=O) groups is 1. The summed E-state index contributed by atoms with van der Waals surface area (Å²) in [4.78, 5) is 21.7. The Morgan fingerprint density at radius 1 is 1.37 bits per heavy atom. The smallest absolute Gasteiger partial charge is 0.320 e. The topological polar surface area (TPSA) is 95.1 Å². The summed E-state index contributed by atoms with van der Waals surface area (Å²) >= 11 is 6.01. The lowest BCUT2D eigenvalue weighted by molar-refractivity contribution is 0.229. The van der Waals surface area contributed by atoms with Gasteiger partial charge in [-0.3, -0.25) is 5.32 Å². The lowest BCUT2D eigenvalue weighted by Crippen LogP contribution is -2.48. The number of piperidine rings is 1. The van der Waals surface area contributed by atoms with Gasteiger partial charge < -0.3 is 16.0 Å². The molecule has 146 valence electrons. The van der Waals surface area contributed by atoms with E-state index in [4.69, 9.17) is 17.3 Å². The van der Waals surface area contributed by atoms with Crippen molar-refractivity contribution in [1.29, 1.82) is 0 Å². The molecular formula is C19H27ClN6O. The van der Waals surface area contributed by atoms with Gasteiger partial charge in [0.2, 0.25) is 0 Å². The van der Waals surface area contributed by atoms with E-state index in [1.807, 2.05) is 19.1 Å². The molecule has 0 unspecified atom stereocenters. The average Bonchev–Trinajstić information content (AvgIpc) is 2.68. The van der Waals surface area contributed by atoms with E-state index in [0.717, 1.165) is 36.8 Å². The van der Waals surface area contributed by atoms with Gasteiger partial charge in [0.05, 0.1) is 0 Å². The molecule has 0 radical (unpaired) electrons. The number of halogens is 1. The summed E-state index contributed by atoms with van der Waals surface area (Å²) in [5, 5.41) is 5.64. The van der Waals surface area contributed by atoms with Crippen molar-refractivity contribution in [2.75, 3.05) is 26.7 Å². The van der Waals surface area contributed by atoms with Crippen molar-refractivity contribution in [1.82, 2.24) is 15.5 Å². The number of nitrogens with two attached hydrogens (primary N) is 1. The van der Waals surface area contributed by atoms with E-state index in [1.54, 1.807) is 0 Å². The van der Waals surface area contributed by atoms with Gasteiger partial charge in [-0.25, -0.2) is 14.8 Å². The first-order valence-corrected chi connectivity index (χ1v) is 9.23. The molecule has 0 aliphatic carbocycles. The highest BCUT2D eigenvalue weighted by Gasteiger charge is 2.35. The molecule has 0 atom stereocenters. The van der Waals surface area contributed by atoms with E-state index in [-0.39, 0.29) is 17.3 Å². The van der Waals surface area contributed by atoms with Crippen LogP contribution in [0.15, 0.2) is 46.7 Å². The second-order valence-electron chi connectivity index (χ2n) is 6.55. The summed E-state index contributed by atoms with van der Waals surface area (Å²) < 4.78 is 0. The van der Waals surface area contributed by atoms with Crippen LogP contribution < -0.4 is 16.4 Å². The van der Waals surface area contributed by atoms with Crippen LogP contribution in [0.25, 0.3) is 0 Å². The minimum Gasteiger partial charge on any atom is -0.360 e. The van der Waals surface area contributed by atoms with Gasteiger partial charge in [-0.2, -0.15) is 0 Å². The Kier molecular flexibility index (Phi) is 7.38. The van der Waals surface area contributed by atoms with E-state index in [0.29, 0.717) is 6.54 Å². The number of amides is 2. The Balaban J connectivity index is 1.96. The minimum absolute atomic E-state index is 0.0266. The third kappa shape index (κ3) is 5.55. The van der Waals surface area contributed by atoms with Crippen LogP contribution in [-0.4, -0.2) is 49.8 Å². The number of rotatable bonds is 5. The maximum absolute atomic E-state index is 11.2. The Bertz CT molecular complexity index is 720. The van der Waals surface area contributed by atoms with Crippen LogP contribution in [0.5, 0.6) is 0 Å². The Morgan fingerprint density at radius 3 is 2.56 bits per heavy atom. The van der Waals surface area contributed by atoms with Gasteiger partial charge in [-0.05, 0) is 37.5 Å². The molecule has 1 saturated heterocycles. The van der Waals surface area contributed by atoms with Gasteiger partial charge in [-0.1, -0.05) is 30.3 Å². The number of carbonyl (C=O) groups excluding carboxylic acids is 1. The molecule has 0 bridgehead atoms. The second kappa shape index (κ2) is 9.53. The van der Waals surface area contributed by atoms with Gasteiger partial charge in [0.25, 0.3) is 0 Å². The summed E-state index contributed by atoms with van der Waals surface area (Å²) in [5.74, 6) is 1.10. The molecule has 1 aromatic carbocycles. The standard InChI is InChI=1S/C19H27ClN6O/c1-14(25-18(27)22-3)23-13-24-15(2)26-10-8-19(12-21,9-11-26)16-4-6-17(20)7-5-16/h4-7,13H,1,8-12,21H2,2-3H3,(H2,22,25,27). The normalized spacial score (nSPS) is 17.0. The average molecular weight is 391 g/mol. The fourth-order valence-electron chi connectivity index (χ4n) is 3.16. The molecular weight excluding hydrogens is 364 g/mol. The zero-order valence-corrected chi connectivity index (χ0v) is 16.6. The molecule has 0 spiro atoms. The highest BCUT2D eigenvalue weighted by Crippen LogP contribution is 2.35. The van der Waals surface area contributed by atoms with Crippen molar-refractivity contribution in [3.63, 3.8) is 0 Å². The summed E-state index contributed by atoms with van der Waals surface area (Å²) in [6.07, 6.45) is 3.29. The van der Waals surface area contributed by atoms with Crippen molar-refractivity contribution >= 4 is 29.8 Å². The monoisotopic (exact) mass is 390 g/mol. The molecule has 2 rings (SSSR count). The molecule has 0 aromatic heterocycles. The number of aliphatic imine (C=N–C) groups is 2. The number of hydrogen-bond donors (Lipinski definition) is 3. The van der Waals surface area contributed by atoms with Crippen LogP contribution in [0, 0.1) is 0 Å². The van der Waals surface area contributed by atoms with E-state index < -0.39 is 0 Å². The molecule has 1 heterocycles. The third-order valence-corrected chi connectivity index (χ3v) is 5.22. The molecule has 8 heteroatoms. The van der Waals surface area contributed by atoms with Crippen LogP contribution in [0.4, 0.5) is 4.79 Å². The molecule has 1 aliphatic rings. The lowest BCUT2D eigenvalue weighted by atomic mass is 9.73. The summed E-state index contributed by atoms with van der Waals surface area (Å²) in [5.41, 5.74) is 7.35. The van der Waals surface area contributed by atoms with E-state index in [9.17, 15) is 4.79 Å². The number of likely N-dealkylation sites (tertiary alicyclic amines) is 1.